The summed E-state index contributed by atoms with van der Waals surface area (Å²) in [4.78, 5) is 12.3. The molecule has 4 nitrogen and oxygen atoms in total. The zero-order valence-corrected chi connectivity index (χ0v) is 10.9. The van der Waals surface area contributed by atoms with E-state index in [1.165, 1.54) is 0 Å². The Balaban J connectivity index is 2.34. The van der Waals surface area contributed by atoms with E-state index in [1.807, 2.05) is 31.3 Å². The minimum absolute atomic E-state index is 0.00977. The SMILES string of the molecule is CCCC(Cn1ncc2ccccc2c1=O)NC. The molecule has 0 aliphatic carbocycles. The van der Waals surface area contributed by atoms with Crippen LogP contribution in [-0.4, -0.2) is 22.9 Å². The van der Waals surface area contributed by atoms with Gasteiger partial charge < -0.3 is 5.32 Å². The summed E-state index contributed by atoms with van der Waals surface area (Å²) in [6.07, 6.45) is 3.89. The number of benzene rings is 1. The Morgan fingerprint density at radius 1 is 1.39 bits per heavy atom. The van der Waals surface area contributed by atoms with E-state index in [-0.39, 0.29) is 5.56 Å². The molecule has 0 saturated carbocycles. The second kappa shape index (κ2) is 5.78. The van der Waals surface area contributed by atoms with Crippen molar-refractivity contribution in [2.45, 2.75) is 32.4 Å². The molecule has 4 heteroatoms. The topological polar surface area (TPSA) is 46.9 Å². The Morgan fingerprint density at radius 2 is 2.17 bits per heavy atom. The number of likely N-dealkylation sites (N-methyl/N-ethyl adjacent to an activating group) is 1. The van der Waals surface area contributed by atoms with Gasteiger partial charge in [-0.3, -0.25) is 4.79 Å². The summed E-state index contributed by atoms with van der Waals surface area (Å²) in [6.45, 7) is 2.76. The van der Waals surface area contributed by atoms with Crippen LogP contribution in [-0.2, 0) is 6.54 Å². The predicted molar refractivity (Wildman–Crippen MR) is 73.8 cm³/mol. The number of rotatable bonds is 5. The van der Waals surface area contributed by atoms with Crippen molar-refractivity contribution in [1.29, 1.82) is 0 Å². The van der Waals surface area contributed by atoms with Crippen LogP contribution in [0.25, 0.3) is 10.8 Å². The zero-order valence-electron chi connectivity index (χ0n) is 10.9. The highest BCUT2D eigenvalue weighted by molar-refractivity contribution is 5.80. The Labute approximate surface area is 107 Å². The van der Waals surface area contributed by atoms with Crippen molar-refractivity contribution in [1.82, 2.24) is 15.1 Å². The molecule has 0 fully saturated rings. The second-order valence-electron chi connectivity index (χ2n) is 4.49. The Morgan fingerprint density at radius 3 is 2.89 bits per heavy atom. The summed E-state index contributed by atoms with van der Waals surface area (Å²) in [7, 11) is 1.92. The molecule has 96 valence electrons. The van der Waals surface area contributed by atoms with Gasteiger partial charge in [0.25, 0.3) is 5.56 Å². The van der Waals surface area contributed by atoms with Crippen molar-refractivity contribution in [2.75, 3.05) is 7.05 Å². The van der Waals surface area contributed by atoms with Gasteiger partial charge in [0.15, 0.2) is 0 Å². The van der Waals surface area contributed by atoms with E-state index in [0.29, 0.717) is 12.6 Å². The van der Waals surface area contributed by atoms with Crippen LogP contribution in [0.15, 0.2) is 35.3 Å². The zero-order chi connectivity index (χ0) is 13.0. The Bertz CT molecular complexity index is 577. The van der Waals surface area contributed by atoms with Crippen LogP contribution in [0.5, 0.6) is 0 Å². The van der Waals surface area contributed by atoms with Gasteiger partial charge in [-0.25, -0.2) is 4.68 Å². The Hall–Kier alpha value is -1.68. The normalized spacial score (nSPS) is 12.8. The summed E-state index contributed by atoms with van der Waals surface area (Å²) in [5.74, 6) is 0. The van der Waals surface area contributed by atoms with Crippen molar-refractivity contribution in [3.05, 3.63) is 40.8 Å². The fraction of sp³-hybridized carbons (Fsp3) is 0.429. The first-order chi connectivity index (χ1) is 8.76. The first-order valence-electron chi connectivity index (χ1n) is 6.38. The van der Waals surface area contributed by atoms with E-state index >= 15 is 0 Å². The summed E-state index contributed by atoms with van der Waals surface area (Å²) in [5, 5.41) is 9.10. The van der Waals surface area contributed by atoms with E-state index in [4.69, 9.17) is 0 Å². The monoisotopic (exact) mass is 245 g/mol. The van der Waals surface area contributed by atoms with E-state index in [9.17, 15) is 4.79 Å². The van der Waals surface area contributed by atoms with Crippen LogP contribution in [0.1, 0.15) is 19.8 Å². The third-order valence-corrected chi connectivity index (χ3v) is 3.20. The molecule has 0 bridgehead atoms. The molecule has 1 atom stereocenters. The number of nitrogens with one attached hydrogen (secondary N) is 1. The first kappa shape index (κ1) is 12.8. The van der Waals surface area contributed by atoms with Gasteiger partial charge in [0.1, 0.15) is 0 Å². The quantitative estimate of drug-likeness (QED) is 0.873. The highest BCUT2D eigenvalue weighted by Crippen LogP contribution is 2.07. The summed E-state index contributed by atoms with van der Waals surface area (Å²) in [6, 6.07) is 7.86. The van der Waals surface area contributed by atoms with E-state index in [2.05, 4.69) is 17.3 Å². The molecule has 0 aliphatic rings. The maximum Gasteiger partial charge on any atom is 0.274 e. The molecule has 1 heterocycles. The van der Waals surface area contributed by atoms with Crippen LogP contribution in [0.3, 0.4) is 0 Å². The number of fused-ring (bicyclic) bond motifs is 1. The van der Waals surface area contributed by atoms with E-state index < -0.39 is 0 Å². The van der Waals surface area contributed by atoms with E-state index in [1.54, 1.807) is 10.9 Å². The molecule has 1 N–H and O–H groups in total. The number of aromatic nitrogens is 2. The average Bonchev–Trinajstić information content (AvgIpc) is 2.41. The highest BCUT2D eigenvalue weighted by atomic mass is 16.1. The molecule has 18 heavy (non-hydrogen) atoms. The molecule has 0 spiro atoms. The molecule has 2 aromatic rings. The minimum atomic E-state index is -0.00977. The Kier molecular flexibility index (Phi) is 4.10. The van der Waals surface area contributed by atoms with Crippen LogP contribution in [0.2, 0.25) is 0 Å². The van der Waals surface area contributed by atoms with Gasteiger partial charge in [-0.1, -0.05) is 31.5 Å². The number of hydrogen-bond acceptors (Lipinski definition) is 3. The lowest BCUT2D eigenvalue weighted by molar-refractivity contribution is 0.417. The van der Waals surface area contributed by atoms with Crippen molar-refractivity contribution in [3.8, 4) is 0 Å². The third-order valence-electron chi connectivity index (χ3n) is 3.20. The smallest absolute Gasteiger partial charge is 0.274 e. The van der Waals surface area contributed by atoms with Gasteiger partial charge in [0.05, 0.1) is 18.1 Å². The molecule has 0 aliphatic heterocycles. The van der Waals surface area contributed by atoms with Crippen molar-refractivity contribution in [3.63, 3.8) is 0 Å². The highest BCUT2D eigenvalue weighted by Gasteiger charge is 2.09. The largest absolute Gasteiger partial charge is 0.315 e. The average molecular weight is 245 g/mol. The van der Waals surface area contributed by atoms with Crippen LogP contribution < -0.4 is 10.9 Å². The second-order valence-corrected chi connectivity index (χ2v) is 4.49. The molecule has 0 radical (unpaired) electrons. The van der Waals surface area contributed by atoms with E-state index in [0.717, 1.165) is 23.6 Å². The molecule has 1 unspecified atom stereocenters. The first-order valence-corrected chi connectivity index (χ1v) is 6.38. The molecule has 2 rings (SSSR count). The van der Waals surface area contributed by atoms with Gasteiger partial charge in [0.2, 0.25) is 0 Å². The van der Waals surface area contributed by atoms with Crippen molar-refractivity contribution >= 4 is 10.8 Å². The third kappa shape index (κ3) is 2.59. The summed E-state index contributed by atoms with van der Waals surface area (Å²) in [5.41, 5.74) is -0.00977. The van der Waals surface area contributed by atoms with Crippen molar-refractivity contribution in [2.24, 2.45) is 0 Å². The van der Waals surface area contributed by atoms with Gasteiger partial charge in [-0.2, -0.15) is 5.10 Å². The molecule has 1 aromatic carbocycles. The van der Waals surface area contributed by atoms with Crippen LogP contribution >= 0.6 is 0 Å². The lowest BCUT2D eigenvalue weighted by Gasteiger charge is -2.16. The summed E-state index contributed by atoms with van der Waals surface area (Å²) < 4.78 is 1.55. The maximum absolute atomic E-state index is 12.3. The number of hydrogen-bond donors (Lipinski definition) is 1. The molecule has 0 amide bonds. The lowest BCUT2D eigenvalue weighted by Crippen LogP contribution is -2.35. The van der Waals surface area contributed by atoms with Crippen LogP contribution in [0, 0.1) is 0 Å². The standard InChI is InChI=1S/C14H19N3O/c1-3-6-12(15-2)10-17-14(18)13-8-5-4-7-11(13)9-16-17/h4-5,7-9,12,15H,3,6,10H2,1-2H3. The predicted octanol–water partition coefficient (Wildman–Crippen LogP) is 1.78. The van der Waals surface area contributed by atoms with Crippen molar-refractivity contribution < 1.29 is 0 Å². The van der Waals surface area contributed by atoms with Gasteiger partial charge in [-0.05, 0) is 19.5 Å². The maximum atomic E-state index is 12.3. The van der Waals surface area contributed by atoms with Gasteiger partial charge in [0, 0.05) is 11.4 Å². The molecule has 1 aromatic heterocycles. The van der Waals surface area contributed by atoms with Gasteiger partial charge >= 0.3 is 0 Å². The fourth-order valence-electron chi connectivity index (χ4n) is 2.14. The fourth-order valence-corrected chi connectivity index (χ4v) is 2.14. The number of nitrogens with zero attached hydrogens (tertiary/aromatic N) is 2. The minimum Gasteiger partial charge on any atom is -0.315 e. The van der Waals surface area contributed by atoms with Gasteiger partial charge in [-0.15, -0.1) is 0 Å². The molecule has 0 saturated heterocycles. The summed E-state index contributed by atoms with van der Waals surface area (Å²) >= 11 is 0. The molecular formula is C14H19N3O. The van der Waals surface area contributed by atoms with Crippen LogP contribution in [0.4, 0.5) is 0 Å². The lowest BCUT2D eigenvalue weighted by atomic mass is 10.1. The molecular weight excluding hydrogens is 226 g/mol.